The van der Waals surface area contributed by atoms with Crippen molar-refractivity contribution in [2.24, 2.45) is 0 Å². The number of Topliss-reactive ketones (excluding diaryl/α,β-unsaturated/α-hetero) is 1. The summed E-state index contributed by atoms with van der Waals surface area (Å²) in [5.41, 5.74) is 2.80. The summed E-state index contributed by atoms with van der Waals surface area (Å²) in [6.07, 6.45) is 2.66. The maximum absolute atomic E-state index is 12.6. The van der Waals surface area contributed by atoms with Crippen molar-refractivity contribution in [1.82, 2.24) is 0 Å². The van der Waals surface area contributed by atoms with Crippen molar-refractivity contribution < 1.29 is 19.1 Å². The highest BCUT2D eigenvalue weighted by Gasteiger charge is 2.28. The maximum Gasteiger partial charge on any atom is 0.345 e. The molecule has 3 aromatic rings. The molecule has 3 aromatic carbocycles. The molecule has 0 bridgehead atoms. The number of allylic oxidation sites excluding steroid dienone is 1. The van der Waals surface area contributed by atoms with E-state index < -0.39 is 5.97 Å². The van der Waals surface area contributed by atoms with Gasteiger partial charge < -0.3 is 9.47 Å². The SMILES string of the molecule is CCc1ccc(C=C2Oc3cc(OC(=O)c4ccccc4Cl)ccc3C2=O)cc1. The van der Waals surface area contributed by atoms with Crippen LogP contribution in [-0.2, 0) is 6.42 Å². The van der Waals surface area contributed by atoms with Crippen molar-refractivity contribution in [3.8, 4) is 11.5 Å². The zero-order valence-corrected chi connectivity index (χ0v) is 16.4. The minimum Gasteiger partial charge on any atom is -0.452 e. The van der Waals surface area contributed by atoms with Gasteiger partial charge in [0.15, 0.2) is 5.76 Å². The minimum absolute atomic E-state index is 0.205. The molecule has 0 amide bonds. The molecular weight excluding hydrogens is 388 g/mol. The van der Waals surface area contributed by atoms with Crippen LogP contribution in [0.25, 0.3) is 6.08 Å². The topological polar surface area (TPSA) is 52.6 Å². The standard InChI is InChI=1S/C24H17ClO4/c1-2-15-7-9-16(10-8-15)13-22-23(26)19-12-11-17(14-21(19)29-22)28-24(27)18-5-3-4-6-20(18)25/h3-14H,2H2,1H3. The Balaban J connectivity index is 1.54. The lowest BCUT2D eigenvalue weighted by Crippen LogP contribution is -2.09. The van der Waals surface area contributed by atoms with Crippen LogP contribution >= 0.6 is 11.6 Å². The van der Waals surface area contributed by atoms with Gasteiger partial charge in [-0.2, -0.15) is 0 Å². The van der Waals surface area contributed by atoms with Gasteiger partial charge in [0.2, 0.25) is 5.78 Å². The second kappa shape index (κ2) is 7.94. The first-order valence-electron chi connectivity index (χ1n) is 9.19. The van der Waals surface area contributed by atoms with E-state index in [0.29, 0.717) is 16.3 Å². The van der Waals surface area contributed by atoms with E-state index in [-0.39, 0.29) is 22.9 Å². The third-order valence-electron chi connectivity index (χ3n) is 4.63. The first-order valence-corrected chi connectivity index (χ1v) is 9.57. The van der Waals surface area contributed by atoms with E-state index in [0.717, 1.165) is 12.0 Å². The van der Waals surface area contributed by atoms with E-state index in [9.17, 15) is 9.59 Å². The summed E-state index contributed by atoms with van der Waals surface area (Å²) >= 11 is 6.04. The van der Waals surface area contributed by atoms with Crippen LogP contribution in [0.4, 0.5) is 0 Å². The van der Waals surface area contributed by atoms with Crippen LogP contribution in [0.1, 0.15) is 38.8 Å². The number of carbonyl (C=O) groups excluding carboxylic acids is 2. The van der Waals surface area contributed by atoms with Crippen LogP contribution in [0.15, 0.2) is 72.5 Å². The van der Waals surface area contributed by atoms with Crippen molar-refractivity contribution >= 4 is 29.4 Å². The molecule has 0 aliphatic carbocycles. The summed E-state index contributed by atoms with van der Waals surface area (Å²) < 4.78 is 11.1. The van der Waals surface area contributed by atoms with Gasteiger partial charge in [0.05, 0.1) is 16.1 Å². The quantitative estimate of drug-likeness (QED) is 0.316. The summed E-state index contributed by atoms with van der Waals surface area (Å²) in [5.74, 6) is 0.0833. The lowest BCUT2D eigenvalue weighted by atomic mass is 10.1. The van der Waals surface area contributed by atoms with Gasteiger partial charge in [-0.25, -0.2) is 4.79 Å². The monoisotopic (exact) mass is 404 g/mol. The Bertz CT molecular complexity index is 1130. The number of ketones is 1. The molecular formula is C24H17ClO4. The molecule has 1 aliphatic heterocycles. The van der Waals surface area contributed by atoms with Crippen LogP contribution < -0.4 is 9.47 Å². The van der Waals surface area contributed by atoms with E-state index in [1.54, 1.807) is 42.5 Å². The van der Waals surface area contributed by atoms with Gasteiger partial charge >= 0.3 is 5.97 Å². The Morgan fingerprint density at radius 3 is 2.55 bits per heavy atom. The van der Waals surface area contributed by atoms with Crippen LogP contribution in [0, 0.1) is 0 Å². The molecule has 0 saturated heterocycles. The number of aryl methyl sites for hydroxylation is 1. The smallest absolute Gasteiger partial charge is 0.345 e. The molecule has 0 radical (unpaired) electrons. The van der Waals surface area contributed by atoms with E-state index in [1.807, 2.05) is 24.3 Å². The number of esters is 1. The number of halogens is 1. The maximum atomic E-state index is 12.6. The zero-order valence-electron chi connectivity index (χ0n) is 15.6. The Morgan fingerprint density at radius 2 is 1.83 bits per heavy atom. The number of ether oxygens (including phenoxy) is 2. The van der Waals surface area contributed by atoms with Gasteiger partial charge in [0.1, 0.15) is 11.5 Å². The lowest BCUT2D eigenvalue weighted by Gasteiger charge is -2.06. The van der Waals surface area contributed by atoms with Crippen LogP contribution in [-0.4, -0.2) is 11.8 Å². The molecule has 0 fully saturated rings. The van der Waals surface area contributed by atoms with E-state index in [1.165, 1.54) is 11.6 Å². The Kier molecular flexibility index (Phi) is 5.19. The number of carbonyl (C=O) groups is 2. The average Bonchev–Trinajstić information content (AvgIpc) is 3.03. The molecule has 0 saturated carbocycles. The number of hydrogen-bond donors (Lipinski definition) is 0. The third-order valence-corrected chi connectivity index (χ3v) is 4.96. The molecule has 144 valence electrons. The summed E-state index contributed by atoms with van der Waals surface area (Å²) in [6.45, 7) is 2.09. The molecule has 0 unspecified atom stereocenters. The average molecular weight is 405 g/mol. The predicted molar refractivity (Wildman–Crippen MR) is 112 cm³/mol. The van der Waals surface area contributed by atoms with E-state index >= 15 is 0 Å². The third kappa shape index (κ3) is 3.93. The van der Waals surface area contributed by atoms with Crippen molar-refractivity contribution in [2.75, 3.05) is 0 Å². The van der Waals surface area contributed by atoms with Crippen LogP contribution in [0.3, 0.4) is 0 Å². The summed E-state index contributed by atoms with van der Waals surface area (Å²) in [4.78, 5) is 24.9. The number of benzene rings is 3. The molecule has 5 heteroatoms. The minimum atomic E-state index is -0.577. The van der Waals surface area contributed by atoms with Gasteiger partial charge in [0, 0.05) is 6.07 Å². The van der Waals surface area contributed by atoms with Crippen LogP contribution in [0.2, 0.25) is 5.02 Å². The predicted octanol–water partition coefficient (Wildman–Crippen LogP) is 5.74. The molecule has 0 atom stereocenters. The highest BCUT2D eigenvalue weighted by Crippen LogP contribution is 2.35. The highest BCUT2D eigenvalue weighted by atomic mass is 35.5. The summed E-state index contributed by atoms with van der Waals surface area (Å²) in [5, 5.41) is 0.310. The van der Waals surface area contributed by atoms with E-state index in [2.05, 4.69) is 6.92 Å². The fraction of sp³-hybridized carbons (Fsp3) is 0.0833. The molecule has 29 heavy (non-hydrogen) atoms. The first-order chi connectivity index (χ1) is 14.0. The van der Waals surface area contributed by atoms with Crippen molar-refractivity contribution in [3.05, 3.63) is 99.8 Å². The fourth-order valence-electron chi connectivity index (χ4n) is 3.02. The van der Waals surface area contributed by atoms with E-state index in [4.69, 9.17) is 21.1 Å². The molecule has 0 aromatic heterocycles. The Hall–Kier alpha value is -3.37. The first kappa shape index (κ1) is 19.0. The Morgan fingerprint density at radius 1 is 1.07 bits per heavy atom. The van der Waals surface area contributed by atoms with Gasteiger partial charge in [-0.3, -0.25) is 4.79 Å². The molecule has 4 nitrogen and oxygen atoms in total. The Labute approximate surface area is 173 Å². The second-order valence-electron chi connectivity index (χ2n) is 6.56. The number of hydrogen-bond acceptors (Lipinski definition) is 4. The van der Waals surface area contributed by atoms with Gasteiger partial charge in [-0.15, -0.1) is 0 Å². The molecule has 1 aliphatic rings. The molecule has 4 rings (SSSR count). The van der Waals surface area contributed by atoms with Gasteiger partial charge in [-0.05, 0) is 47.9 Å². The summed E-state index contributed by atoms with van der Waals surface area (Å²) in [7, 11) is 0. The zero-order chi connectivity index (χ0) is 20.4. The molecule has 0 N–H and O–H groups in total. The van der Waals surface area contributed by atoms with Gasteiger partial charge in [-0.1, -0.05) is 54.9 Å². The largest absolute Gasteiger partial charge is 0.452 e. The molecule has 0 spiro atoms. The summed E-state index contributed by atoms with van der Waals surface area (Å²) in [6, 6.07) is 19.3. The van der Waals surface area contributed by atoms with Crippen molar-refractivity contribution in [1.29, 1.82) is 0 Å². The van der Waals surface area contributed by atoms with Crippen molar-refractivity contribution in [2.45, 2.75) is 13.3 Å². The van der Waals surface area contributed by atoms with Crippen molar-refractivity contribution in [3.63, 3.8) is 0 Å². The lowest BCUT2D eigenvalue weighted by molar-refractivity contribution is 0.0734. The number of fused-ring (bicyclic) bond motifs is 1. The normalized spacial score (nSPS) is 13.9. The highest BCUT2D eigenvalue weighted by molar-refractivity contribution is 6.33. The van der Waals surface area contributed by atoms with Gasteiger partial charge in [0.25, 0.3) is 0 Å². The number of rotatable bonds is 4. The fourth-order valence-corrected chi connectivity index (χ4v) is 3.23. The van der Waals surface area contributed by atoms with Crippen LogP contribution in [0.5, 0.6) is 11.5 Å². The second-order valence-corrected chi connectivity index (χ2v) is 6.97. The molecule has 1 heterocycles.